The van der Waals surface area contributed by atoms with Gasteiger partial charge in [-0.2, -0.15) is 0 Å². The molecule has 3 aromatic carbocycles. The van der Waals surface area contributed by atoms with E-state index in [4.69, 9.17) is 32.0 Å². The minimum absolute atomic E-state index is 0.432. The Morgan fingerprint density at radius 1 is 0.838 bits per heavy atom. The number of benzene rings is 3. The number of nitrogens with zero attached hydrogens (tertiary/aromatic N) is 3. The van der Waals surface area contributed by atoms with E-state index in [0.717, 1.165) is 59.9 Å². The maximum atomic E-state index is 6.60. The van der Waals surface area contributed by atoms with Crippen LogP contribution in [0.3, 0.4) is 0 Å². The second-order valence-electron chi connectivity index (χ2n) is 9.34. The Bertz CT molecular complexity index is 1480. The number of nitrogen functional groups attached to an aromatic ring is 1. The monoisotopic (exact) mass is 512 g/mol. The number of imidazole rings is 1. The van der Waals surface area contributed by atoms with Crippen molar-refractivity contribution >= 4 is 39.4 Å². The topological polar surface area (TPSA) is 66.0 Å². The molecular formula is C31H33ClN4O. The second-order valence-corrected chi connectivity index (χ2v) is 9.72. The van der Waals surface area contributed by atoms with Gasteiger partial charge in [-0.1, -0.05) is 72.8 Å². The van der Waals surface area contributed by atoms with Crippen molar-refractivity contribution in [3.63, 3.8) is 0 Å². The van der Waals surface area contributed by atoms with E-state index < -0.39 is 0 Å². The third-order valence-corrected chi connectivity index (χ3v) is 7.09. The highest BCUT2D eigenvalue weighted by Crippen LogP contribution is 2.34. The maximum Gasteiger partial charge on any atom is 0.152 e. The summed E-state index contributed by atoms with van der Waals surface area (Å²) in [5, 5.41) is 1.06. The minimum atomic E-state index is 0.432. The van der Waals surface area contributed by atoms with Crippen LogP contribution in [-0.2, 0) is 30.7 Å². The molecule has 2 N–H and O–H groups in total. The van der Waals surface area contributed by atoms with E-state index in [1.165, 1.54) is 22.3 Å². The quantitative estimate of drug-likeness (QED) is 0.154. The number of hydrogen-bond acceptors (Lipinski definition) is 4. The molecule has 0 atom stereocenters. The first kappa shape index (κ1) is 25.2. The van der Waals surface area contributed by atoms with Crippen molar-refractivity contribution in [2.24, 2.45) is 0 Å². The van der Waals surface area contributed by atoms with Gasteiger partial charge in [-0.15, -0.1) is 11.6 Å². The SMILES string of the molecule is CCOCn1c(CCCCCl)nc2c(N)nc3c(Cc4ccccc4)c(Cc4ccccc4)ccc3c21. The lowest BCUT2D eigenvalue weighted by molar-refractivity contribution is 0.0886. The van der Waals surface area contributed by atoms with Crippen LogP contribution < -0.4 is 5.73 Å². The molecule has 5 rings (SSSR count). The van der Waals surface area contributed by atoms with Crippen molar-refractivity contribution in [1.29, 1.82) is 0 Å². The summed E-state index contributed by atoms with van der Waals surface area (Å²) in [5.74, 6) is 2.07. The third kappa shape index (κ3) is 5.48. The molecule has 2 heterocycles. The van der Waals surface area contributed by atoms with E-state index in [2.05, 4.69) is 77.4 Å². The number of aromatic nitrogens is 3. The van der Waals surface area contributed by atoms with Crippen molar-refractivity contribution in [3.8, 4) is 0 Å². The average Bonchev–Trinajstić information content (AvgIpc) is 3.29. The molecule has 190 valence electrons. The van der Waals surface area contributed by atoms with E-state index in [1.807, 2.05) is 6.92 Å². The summed E-state index contributed by atoms with van der Waals surface area (Å²) in [6.45, 7) is 3.06. The molecule has 0 radical (unpaired) electrons. The molecule has 0 bridgehead atoms. The van der Waals surface area contributed by atoms with Gasteiger partial charge in [0, 0.05) is 24.3 Å². The van der Waals surface area contributed by atoms with Crippen molar-refractivity contribution in [2.75, 3.05) is 18.2 Å². The van der Waals surface area contributed by atoms with Crippen molar-refractivity contribution in [1.82, 2.24) is 14.5 Å². The van der Waals surface area contributed by atoms with Gasteiger partial charge in [0.05, 0.1) is 11.0 Å². The van der Waals surface area contributed by atoms with Gasteiger partial charge in [0.25, 0.3) is 0 Å². The lowest BCUT2D eigenvalue weighted by Crippen LogP contribution is -2.08. The van der Waals surface area contributed by atoms with Crippen molar-refractivity contribution in [2.45, 2.75) is 45.8 Å². The Morgan fingerprint density at radius 2 is 1.54 bits per heavy atom. The fourth-order valence-electron chi connectivity index (χ4n) is 4.99. The van der Waals surface area contributed by atoms with Gasteiger partial charge in [0.2, 0.25) is 0 Å². The maximum absolute atomic E-state index is 6.60. The Kier molecular flexibility index (Phi) is 8.02. The standard InChI is InChI=1S/C31H33ClN4O/c1-2-37-21-36-27(15-9-10-18-32)34-29-30(36)25-17-16-24(19-22-11-5-3-6-12-22)26(28(25)35-31(29)33)20-23-13-7-4-8-14-23/h3-8,11-14,16-17H,2,9-10,15,18-21H2,1H3,(H2,33,35). The molecule has 37 heavy (non-hydrogen) atoms. The van der Waals surface area contributed by atoms with Gasteiger partial charge >= 0.3 is 0 Å². The van der Waals surface area contributed by atoms with E-state index in [-0.39, 0.29) is 0 Å². The van der Waals surface area contributed by atoms with Crippen LogP contribution in [0.4, 0.5) is 5.82 Å². The number of alkyl halides is 1. The van der Waals surface area contributed by atoms with E-state index in [0.29, 0.717) is 25.0 Å². The van der Waals surface area contributed by atoms with Crippen LogP contribution in [0, 0.1) is 0 Å². The second kappa shape index (κ2) is 11.8. The predicted octanol–water partition coefficient (Wildman–Crippen LogP) is 6.90. The summed E-state index contributed by atoms with van der Waals surface area (Å²) in [6, 6.07) is 25.6. The molecule has 5 nitrogen and oxygen atoms in total. The molecule has 0 aliphatic heterocycles. The van der Waals surface area contributed by atoms with Gasteiger partial charge in [0.15, 0.2) is 5.82 Å². The summed E-state index contributed by atoms with van der Waals surface area (Å²) in [7, 11) is 0. The highest BCUT2D eigenvalue weighted by Gasteiger charge is 2.20. The van der Waals surface area contributed by atoms with Crippen LogP contribution in [-0.4, -0.2) is 27.0 Å². The molecule has 0 saturated heterocycles. The highest BCUT2D eigenvalue weighted by molar-refractivity contribution is 6.17. The number of aryl methyl sites for hydroxylation is 1. The van der Waals surface area contributed by atoms with Gasteiger partial charge < -0.3 is 15.0 Å². The van der Waals surface area contributed by atoms with E-state index in [9.17, 15) is 0 Å². The molecule has 0 aliphatic rings. The summed E-state index contributed by atoms with van der Waals surface area (Å²) in [4.78, 5) is 9.92. The molecule has 0 saturated carbocycles. The predicted molar refractivity (Wildman–Crippen MR) is 153 cm³/mol. The number of unbranched alkanes of at least 4 members (excludes halogenated alkanes) is 1. The molecule has 6 heteroatoms. The molecule has 2 aromatic heterocycles. The Balaban J connectivity index is 1.72. The number of nitrogens with two attached hydrogens (primary N) is 1. The largest absolute Gasteiger partial charge is 0.382 e. The van der Waals surface area contributed by atoms with Gasteiger partial charge in [-0.05, 0) is 54.9 Å². The number of fused-ring (bicyclic) bond motifs is 3. The summed E-state index contributed by atoms with van der Waals surface area (Å²) >= 11 is 5.95. The summed E-state index contributed by atoms with van der Waals surface area (Å²) < 4.78 is 8.06. The summed E-state index contributed by atoms with van der Waals surface area (Å²) in [6.07, 6.45) is 4.34. The smallest absolute Gasteiger partial charge is 0.152 e. The van der Waals surface area contributed by atoms with Crippen LogP contribution >= 0.6 is 11.6 Å². The van der Waals surface area contributed by atoms with Crippen LogP contribution in [0.1, 0.15) is 47.8 Å². The Labute approximate surface area is 223 Å². The number of ether oxygens (including phenoxy) is 1. The fourth-order valence-corrected chi connectivity index (χ4v) is 5.18. The van der Waals surface area contributed by atoms with Gasteiger partial charge in [-0.3, -0.25) is 0 Å². The average molecular weight is 513 g/mol. The zero-order valence-electron chi connectivity index (χ0n) is 21.3. The zero-order chi connectivity index (χ0) is 25.6. The zero-order valence-corrected chi connectivity index (χ0v) is 22.0. The lowest BCUT2D eigenvalue weighted by Gasteiger charge is -2.16. The van der Waals surface area contributed by atoms with Crippen LogP contribution in [0.25, 0.3) is 21.9 Å². The first-order chi connectivity index (χ1) is 18.2. The molecule has 0 amide bonds. The molecule has 0 unspecified atom stereocenters. The Morgan fingerprint density at radius 3 is 2.22 bits per heavy atom. The number of pyridine rings is 1. The molecule has 0 spiro atoms. The Hall–Kier alpha value is -3.41. The summed E-state index contributed by atoms with van der Waals surface area (Å²) in [5.41, 5.74) is 14.3. The number of hydrogen-bond donors (Lipinski definition) is 1. The lowest BCUT2D eigenvalue weighted by atomic mass is 9.92. The van der Waals surface area contributed by atoms with E-state index in [1.54, 1.807) is 0 Å². The molecular weight excluding hydrogens is 480 g/mol. The highest BCUT2D eigenvalue weighted by atomic mass is 35.5. The van der Waals surface area contributed by atoms with Crippen LogP contribution in [0.2, 0.25) is 0 Å². The fraction of sp³-hybridized carbons (Fsp3) is 0.290. The number of rotatable bonds is 11. The van der Waals surface area contributed by atoms with Crippen molar-refractivity contribution < 1.29 is 4.74 Å². The first-order valence-corrected chi connectivity index (χ1v) is 13.5. The van der Waals surface area contributed by atoms with Crippen LogP contribution in [0.15, 0.2) is 72.8 Å². The third-order valence-electron chi connectivity index (χ3n) is 6.83. The van der Waals surface area contributed by atoms with Crippen LogP contribution in [0.5, 0.6) is 0 Å². The van der Waals surface area contributed by atoms with E-state index >= 15 is 0 Å². The van der Waals surface area contributed by atoms with Crippen molar-refractivity contribution in [3.05, 3.63) is 101 Å². The number of anilines is 1. The molecule has 0 aliphatic carbocycles. The van der Waals surface area contributed by atoms with Gasteiger partial charge in [0.1, 0.15) is 18.1 Å². The van der Waals surface area contributed by atoms with Gasteiger partial charge in [-0.25, -0.2) is 9.97 Å². The first-order valence-electron chi connectivity index (χ1n) is 13.0. The number of halogens is 1. The normalized spacial score (nSPS) is 11.5. The molecule has 5 aromatic rings. The molecule has 0 fully saturated rings. The minimum Gasteiger partial charge on any atom is -0.382 e.